The van der Waals surface area contributed by atoms with Crippen LogP contribution in [0.25, 0.3) is 34.2 Å². The molecule has 6 heterocycles. The Balaban J connectivity index is 0.000000176. The number of alkyl halides is 6. The van der Waals surface area contributed by atoms with Gasteiger partial charge in [-0.05, 0) is 55.5 Å². The van der Waals surface area contributed by atoms with Crippen molar-refractivity contribution in [2.75, 3.05) is 0 Å². The summed E-state index contributed by atoms with van der Waals surface area (Å²) in [4.78, 5) is 11.9. The monoisotopic (exact) mass is 775 g/mol. The maximum atomic E-state index is 12.2. The molecule has 0 amide bonds. The first kappa shape index (κ1) is 32.8. The summed E-state index contributed by atoms with van der Waals surface area (Å²) in [6, 6.07) is 19.2. The Morgan fingerprint density at radius 3 is 1.12 bits per heavy atom. The molecular weight excluding hydrogens is 757 g/mol. The number of halogens is 6. The third-order valence-electron chi connectivity index (χ3n) is 5.10. The first-order valence-electron chi connectivity index (χ1n) is 11.9. The molecule has 0 bridgehead atoms. The summed E-state index contributed by atoms with van der Waals surface area (Å²) in [5.74, 6) is 0. The number of hydrogen-bond acceptors (Lipinski definition) is 6. The van der Waals surface area contributed by atoms with Crippen LogP contribution in [0, 0.1) is 6.92 Å². The molecule has 0 radical (unpaired) electrons. The largest absolute Gasteiger partial charge is 3.00 e. The Kier molecular flexibility index (Phi) is 11.0. The second kappa shape index (κ2) is 14.5. The van der Waals surface area contributed by atoms with Crippen LogP contribution in [0.3, 0.4) is 0 Å². The van der Waals surface area contributed by atoms with E-state index in [0.29, 0.717) is 11.4 Å². The normalized spacial score (nSPS) is 11.0. The molecule has 0 unspecified atom stereocenters. The molecule has 0 aromatic carbocycles. The SMILES string of the molecule is Cc1cc(-c2ccccn2)[n-]n1.FC(F)(F)c1cc(-c2ccccn2)[n-]n1.FC(F)(F)c1cc(-c2ccccn2)[n-]n1.[Ir+3]. The number of aryl methyl sites for hydroxylation is 1. The molecule has 0 saturated heterocycles. The summed E-state index contributed by atoms with van der Waals surface area (Å²) in [5.41, 5.74) is 1.65. The maximum absolute atomic E-state index is 12.2. The van der Waals surface area contributed by atoms with Crippen LogP contribution in [0.2, 0.25) is 0 Å². The number of rotatable bonds is 3. The van der Waals surface area contributed by atoms with Crippen LogP contribution >= 0.6 is 0 Å². The minimum atomic E-state index is -4.46. The smallest absolute Gasteiger partial charge is 0.574 e. The molecule has 0 N–H and O–H groups in total. The first-order valence-corrected chi connectivity index (χ1v) is 11.9. The van der Waals surface area contributed by atoms with Gasteiger partial charge in [-0.3, -0.25) is 15.0 Å². The van der Waals surface area contributed by atoms with Crippen LogP contribution in [0.5, 0.6) is 0 Å². The van der Waals surface area contributed by atoms with E-state index in [2.05, 4.69) is 45.5 Å². The van der Waals surface area contributed by atoms with Gasteiger partial charge in [0.2, 0.25) is 0 Å². The van der Waals surface area contributed by atoms with Crippen molar-refractivity contribution < 1.29 is 46.4 Å². The van der Waals surface area contributed by atoms with Gasteiger partial charge in [0.1, 0.15) is 11.4 Å². The number of nitrogens with zero attached hydrogens (tertiary/aromatic N) is 9. The molecule has 16 heteroatoms. The quantitative estimate of drug-likeness (QED) is 0.211. The van der Waals surface area contributed by atoms with Gasteiger partial charge in [-0.15, -0.1) is 0 Å². The van der Waals surface area contributed by atoms with E-state index in [0.717, 1.165) is 29.2 Å². The van der Waals surface area contributed by atoms with Crippen molar-refractivity contribution in [3.8, 4) is 34.2 Å². The Bertz CT molecular complexity index is 1580. The summed E-state index contributed by atoms with van der Waals surface area (Å²) in [7, 11) is 0. The van der Waals surface area contributed by atoms with E-state index in [1.807, 2.05) is 31.2 Å². The zero-order chi connectivity index (χ0) is 30.2. The van der Waals surface area contributed by atoms with E-state index in [1.54, 1.807) is 42.6 Å². The Morgan fingerprint density at radius 1 is 0.512 bits per heavy atom. The number of pyridine rings is 3. The average Bonchev–Trinajstić information content (AvgIpc) is 3.76. The minimum Gasteiger partial charge on any atom is -0.574 e. The summed E-state index contributed by atoms with van der Waals surface area (Å²) in [5, 5.41) is 20.8. The van der Waals surface area contributed by atoms with Gasteiger partial charge in [0, 0.05) is 41.4 Å². The number of hydrogen-bond donors (Lipinski definition) is 0. The van der Waals surface area contributed by atoms with Gasteiger partial charge < -0.3 is 30.6 Å². The molecule has 0 saturated carbocycles. The molecule has 0 fully saturated rings. The van der Waals surface area contributed by atoms with E-state index in [1.165, 1.54) is 12.4 Å². The topological polar surface area (TPSA) is 120 Å². The summed E-state index contributed by atoms with van der Waals surface area (Å²) in [6.45, 7) is 1.92. The van der Waals surface area contributed by atoms with Crippen molar-refractivity contribution in [3.05, 3.63) is 108 Å². The van der Waals surface area contributed by atoms with Gasteiger partial charge in [-0.25, -0.2) is 0 Å². The fraction of sp³-hybridized carbons (Fsp3) is 0.111. The molecule has 0 atom stereocenters. The predicted octanol–water partition coefficient (Wildman–Crippen LogP) is 5.65. The zero-order valence-corrected chi connectivity index (χ0v) is 24.2. The van der Waals surface area contributed by atoms with Crippen molar-refractivity contribution >= 4 is 0 Å². The number of aromatic nitrogens is 9. The van der Waals surface area contributed by atoms with Crippen molar-refractivity contribution in [3.63, 3.8) is 0 Å². The fourth-order valence-electron chi connectivity index (χ4n) is 3.17. The molecule has 9 nitrogen and oxygen atoms in total. The molecule has 6 aromatic heterocycles. The standard InChI is InChI=1S/2C9H5F3N3.C9H8N3.Ir/c2*10-9(11,12)8-5-7(14-15-8)6-3-1-2-4-13-6;1-7-6-9(12-11-7)8-4-2-3-5-10-8;/h2*1-5H;2-6H,1H3;/q3*-1;+3. The van der Waals surface area contributed by atoms with Crippen LogP contribution < -0.4 is 15.3 Å². The molecule has 222 valence electrons. The molecule has 6 aromatic rings. The molecule has 43 heavy (non-hydrogen) atoms. The second-order valence-electron chi connectivity index (χ2n) is 8.24. The molecule has 0 aliphatic carbocycles. The van der Waals surface area contributed by atoms with Gasteiger partial charge in [0.15, 0.2) is 0 Å². The molecular formula is C27H18F6IrN9. The predicted molar refractivity (Wildman–Crippen MR) is 137 cm³/mol. The van der Waals surface area contributed by atoms with E-state index in [9.17, 15) is 26.3 Å². The Morgan fingerprint density at radius 2 is 0.860 bits per heavy atom. The van der Waals surface area contributed by atoms with Crippen molar-refractivity contribution in [1.82, 2.24) is 45.5 Å². The third kappa shape index (κ3) is 9.41. The summed E-state index contributed by atoms with van der Waals surface area (Å²) >= 11 is 0. The van der Waals surface area contributed by atoms with Crippen LogP contribution in [0.4, 0.5) is 26.3 Å². The van der Waals surface area contributed by atoms with Crippen LogP contribution in [0.15, 0.2) is 91.4 Å². The van der Waals surface area contributed by atoms with Gasteiger partial charge in [0.05, 0.1) is 0 Å². The zero-order valence-electron chi connectivity index (χ0n) is 21.8. The van der Waals surface area contributed by atoms with Crippen LogP contribution in [-0.2, 0) is 32.5 Å². The van der Waals surface area contributed by atoms with E-state index >= 15 is 0 Å². The first-order chi connectivity index (χ1) is 20.0. The molecule has 6 rings (SSSR count). The van der Waals surface area contributed by atoms with E-state index < -0.39 is 23.7 Å². The molecule has 0 aliphatic rings. The van der Waals surface area contributed by atoms with Crippen molar-refractivity contribution in [1.29, 1.82) is 0 Å². The van der Waals surface area contributed by atoms with Gasteiger partial charge in [-0.1, -0.05) is 41.3 Å². The van der Waals surface area contributed by atoms with Crippen LogP contribution in [-0.4, -0.2) is 30.2 Å². The van der Waals surface area contributed by atoms with E-state index in [-0.39, 0.29) is 31.5 Å². The summed E-state index contributed by atoms with van der Waals surface area (Å²) in [6.07, 6.45) is -4.20. The maximum Gasteiger partial charge on any atom is 3.00 e. The summed E-state index contributed by atoms with van der Waals surface area (Å²) < 4.78 is 73.2. The molecule has 0 aliphatic heterocycles. The second-order valence-corrected chi connectivity index (χ2v) is 8.24. The third-order valence-corrected chi connectivity index (χ3v) is 5.10. The Hall–Kier alpha value is -4.69. The average molecular weight is 775 g/mol. The van der Waals surface area contributed by atoms with Crippen molar-refractivity contribution in [2.45, 2.75) is 19.3 Å². The van der Waals surface area contributed by atoms with Gasteiger partial charge >= 0.3 is 32.5 Å². The Labute approximate surface area is 253 Å². The van der Waals surface area contributed by atoms with E-state index in [4.69, 9.17) is 0 Å². The van der Waals surface area contributed by atoms with Gasteiger partial charge in [-0.2, -0.15) is 26.3 Å². The van der Waals surface area contributed by atoms with Crippen molar-refractivity contribution in [2.24, 2.45) is 0 Å². The molecule has 0 spiro atoms. The minimum absolute atomic E-state index is 0. The van der Waals surface area contributed by atoms with Gasteiger partial charge in [0.25, 0.3) is 0 Å². The van der Waals surface area contributed by atoms with Crippen LogP contribution in [0.1, 0.15) is 17.1 Å². The fourth-order valence-corrected chi connectivity index (χ4v) is 3.17.